The topological polar surface area (TPSA) is 89.8 Å². The van der Waals surface area contributed by atoms with Crippen molar-refractivity contribution in [2.24, 2.45) is 5.92 Å². The van der Waals surface area contributed by atoms with Gasteiger partial charge in [-0.2, -0.15) is 0 Å². The summed E-state index contributed by atoms with van der Waals surface area (Å²) < 4.78 is 0. The predicted molar refractivity (Wildman–Crippen MR) is 49.9 cm³/mol. The van der Waals surface area contributed by atoms with Crippen LogP contribution < -0.4 is 5.32 Å². The van der Waals surface area contributed by atoms with Gasteiger partial charge in [0, 0.05) is 6.54 Å². The molecule has 1 unspecified atom stereocenters. The Balaban J connectivity index is 1.95. The van der Waals surface area contributed by atoms with Gasteiger partial charge in [-0.15, -0.1) is 0 Å². The quantitative estimate of drug-likeness (QED) is 0.453. The van der Waals surface area contributed by atoms with Crippen molar-refractivity contribution in [3.05, 3.63) is 0 Å². The molecule has 0 bridgehead atoms. The Bertz CT molecular complexity index is 191. The average Bonchev–Trinajstić information content (AvgIpc) is 1.99. The minimum atomic E-state index is -0.988. The first kappa shape index (κ1) is 11.4. The van der Waals surface area contributed by atoms with E-state index in [2.05, 4.69) is 5.32 Å². The van der Waals surface area contributed by atoms with Crippen LogP contribution in [0.4, 0.5) is 0 Å². The number of carbonyl (C=O) groups is 1. The van der Waals surface area contributed by atoms with Gasteiger partial charge in [0.2, 0.25) is 0 Å². The van der Waals surface area contributed by atoms with E-state index in [0.29, 0.717) is 12.5 Å². The van der Waals surface area contributed by atoms with Gasteiger partial charge in [0.25, 0.3) is 0 Å². The van der Waals surface area contributed by atoms with Crippen LogP contribution in [0.25, 0.3) is 0 Å². The van der Waals surface area contributed by atoms with Crippen molar-refractivity contribution < 1.29 is 20.1 Å². The van der Waals surface area contributed by atoms with Gasteiger partial charge in [-0.05, 0) is 25.3 Å². The van der Waals surface area contributed by atoms with Gasteiger partial charge >= 0.3 is 5.97 Å². The minimum Gasteiger partial charge on any atom is -0.481 e. The normalized spacial score (nSPS) is 28.1. The summed E-state index contributed by atoms with van der Waals surface area (Å²) in [6.07, 6.45) is 0.410. The molecular formula is C9H17NO4. The van der Waals surface area contributed by atoms with Gasteiger partial charge in [-0.25, -0.2) is 0 Å². The molecule has 1 aliphatic rings. The molecule has 0 saturated heterocycles. The summed E-state index contributed by atoms with van der Waals surface area (Å²) in [5, 5.41) is 29.5. The van der Waals surface area contributed by atoms with E-state index in [-0.39, 0.29) is 12.5 Å². The summed E-state index contributed by atoms with van der Waals surface area (Å²) >= 11 is 0. The lowest BCUT2D eigenvalue weighted by molar-refractivity contribution is -0.139. The first-order chi connectivity index (χ1) is 6.58. The molecule has 0 amide bonds. The van der Waals surface area contributed by atoms with E-state index in [1.165, 1.54) is 0 Å². The Morgan fingerprint density at radius 1 is 1.50 bits per heavy atom. The van der Waals surface area contributed by atoms with E-state index in [1.807, 2.05) is 0 Å². The maximum absolute atomic E-state index is 10.2. The van der Waals surface area contributed by atoms with Gasteiger partial charge in [0.1, 0.15) is 0 Å². The second-order valence-electron chi connectivity index (χ2n) is 3.90. The van der Waals surface area contributed by atoms with Crippen LogP contribution in [0.3, 0.4) is 0 Å². The summed E-state index contributed by atoms with van der Waals surface area (Å²) in [4.78, 5) is 10.2. The van der Waals surface area contributed by atoms with Crippen LogP contribution in [0.15, 0.2) is 0 Å². The molecular weight excluding hydrogens is 186 g/mol. The van der Waals surface area contributed by atoms with Crippen LogP contribution in [-0.2, 0) is 4.79 Å². The number of aliphatic hydroxyl groups is 2. The smallest absolute Gasteiger partial charge is 0.306 e. The molecule has 82 valence electrons. The summed E-state index contributed by atoms with van der Waals surface area (Å²) in [6, 6.07) is 0. The van der Waals surface area contributed by atoms with Gasteiger partial charge in [0.05, 0.1) is 18.6 Å². The fourth-order valence-electron chi connectivity index (χ4n) is 1.59. The Morgan fingerprint density at radius 3 is 2.64 bits per heavy atom. The third-order valence-electron chi connectivity index (χ3n) is 2.43. The molecule has 0 spiro atoms. The van der Waals surface area contributed by atoms with Crippen molar-refractivity contribution in [1.82, 2.24) is 5.32 Å². The third-order valence-corrected chi connectivity index (χ3v) is 2.43. The Kier molecular flexibility index (Phi) is 4.31. The van der Waals surface area contributed by atoms with E-state index < -0.39 is 12.1 Å². The summed E-state index contributed by atoms with van der Waals surface area (Å²) in [6.45, 7) is 1.05. The van der Waals surface area contributed by atoms with Crippen molar-refractivity contribution in [2.45, 2.75) is 31.5 Å². The van der Waals surface area contributed by atoms with Gasteiger partial charge in [0.15, 0.2) is 0 Å². The molecule has 0 aromatic carbocycles. The zero-order valence-electron chi connectivity index (χ0n) is 8.02. The van der Waals surface area contributed by atoms with E-state index in [1.54, 1.807) is 0 Å². The van der Waals surface area contributed by atoms with Crippen LogP contribution in [-0.4, -0.2) is 46.6 Å². The van der Waals surface area contributed by atoms with Crippen LogP contribution in [0.5, 0.6) is 0 Å². The van der Waals surface area contributed by atoms with Crippen molar-refractivity contribution in [3.63, 3.8) is 0 Å². The number of aliphatic hydroxyl groups excluding tert-OH is 2. The monoisotopic (exact) mass is 203 g/mol. The molecule has 5 heteroatoms. The lowest BCUT2D eigenvalue weighted by Gasteiger charge is -2.31. The summed E-state index contributed by atoms with van der Waals surface area (Å²) in [5.74, 6) is -0.514. The Labute approximate surface area is 82.7 Å². The highest BCUT2D eigenvalue weighted by Gasteiger charge is 2.26. The first-order valence-corrected chi connectivity index (χ1v) is 4.86. The van der Waals surface area contributed by atoms with Gasteiger partial charge in [-0.3, -0.25) is 4.79 Å². The van der Waals surface area contributed by atoms with Crippen molar-refractivity contribution in [3.8, 4) is 0 Å². The standard InChI is InChI=1S/C9H17NO4/c11-7-1-6(2-7)4-10-5-8(12)3-9(13)14/h6-8,10-12H,1-5H2,(H,13,14). The lowest BCUT2D eigenvalue weighted by Crippen LogP contribution is -2.39. The zero-order valence-corrected chi connectivity index (χ0v) is 8.02. The van der Waals surface area contributed by atoms with E-state index in [4.69, 9.17) is 10.2 Å². The van der Waals surface area contributed by atoms with Crippen LogP contribution in [0.1, 0.15) is 19.3 Å². The molecule has 0 radical (unpaired) electrons. The summed E-state index contributed by atoms with van der Waals surface area (Å²) in [5.41, 5.74) is 0. The van der Waals surface area contributed by atoms with Gasteiger partial charge in [-0.1, -0.05) is 0 Å². The van der Waals surface area contributed by atoms with E-state index in [0.717, 1.165) is 19.4 Å². The number of aliphatic carboxylic acids is 1. The Hall–Kier alpha value is -0.650. The predicted octanol–water partition coefficient (Wildman–Crippen LogP) is -0.818. The maximum atomic E-state index is 10.2. The minimum absolute atomic E-state index is 0.161. The number of carboxylic acid groups (broad SMARTS) is 1. The number of hydrogen-bond donors (Lipinski definition) is 4. The molecule has 1 saturated carbocycles. The maximum Gasteiger partial charge on any atom is 0.306 e. The van der Waals surface area contributed by atoms with Gasteiger partial charge < -0.3 is 20.6 Å². The molecule has 1 fully saturated rings. The lowest BCUT2D eigenvalue weighted by atomic mass is 9.82. The largest absolute Gasteiger partial charge is 0.481 e. The van der Waals surface area contributed by atoms with Crippen LogP contribution in [0.2, 0.25) is 0 Å². The Morgan fingerprint density at radius 2 is 2.14 bits per heavy atom. The average molecular weight is 203 g/mol. The zero-order chi connectivity index (χ0) is 10.6. The second kappa shape index (κ2) is 5.29. The second-order valence-corrected chi connectivity index (χ2v) is 3.90. The highest BCUT2D eigenvalue weighted by atomic mass is 16.4. The number of hydrogen-bond acceptors (Lipinski definition) is 4. The molecule has 4 N–H and O–H groups in total. The number of rotatable bonds is 6. The highest BCUT2D eigenvalue weighted by molar-refractivity contribution is 5.67. The molecule has 0 aromatic heterocycles. The summed E-state index contributed by atoms with van der Waals surface area (Å²) in [7, 11) is 0. The number of carboxylic acids is 1. The van der Waals surface area contributed by atoms with E-state index >= 15 is 0 Å². The highest BCUT2D eigenvalue weighted by Crippen LogP contribution is 2.25. The molecule has 5 nitrogen and oxygen atoms in total. The van der Waals surface area contributed by atoms with Crippen molar-refractivity contribution >= 4 is 5.97 Å². The first-order valence-electron chi connectivity index (χ1n) is 4.86. The molecule has 0 aromatic rings. The molecule has 0 aliphatic heterocycles. The molecule has 0 heterocycles. The SMILES string of the molecule is O=C(O)CC(O)CNCC1CC(O)C1. The fraction of sp³-hybridized carbons (Fsp3) is 0.889. The molecule has 1 atom stereocenters. The van der Waals surface area contributed by atoms with Crippen molar-refractivity contribution in [2.75, 3.05) is 13.1 Å². The molecule has 1 aliphatic carbocycles. The third kappa shape index (κ3) is 4.04. The molecule has 14 heavy (non-hydrogen) atoms. The fourth-order valence-corrected chi connectivity index (χ4v) is 1.59. The van der Waals surface area contributed by atoms with E-state index in [9.17, 15) is 9.90 Å². The molecule has 1 rings (SSSR count). The van der Waals surface area contributed by atoms with Crippen LogP contribution in [0, 0.1) is 5.92 Å². The van der Waals surface area contributed by atoms with Crippen LogP contribution >= 0.6 is 0 Å². The number of nitrogens with one attached hydrogen (secondary N) is 1. The van der Waals surface area contributed by atoms with Crippen molar-refractivity contribution in [1.29, 1.82) is 0 Å².